The summed E-state index contributed by atoms with van der Waals surface area (Å²) in [5.41, 5.74) is 4.42. The number of H-pyrrole nitrogens is 2. The predicted molar refractivity (Wildman–Crippen MR) is 134 cm³/mol. The van der Waals surface area contributed by atoms with Crippen LogP contribution in [0.15, 0.2) is 66.7 Å². The molecule has 2 amide bonds. The summed E-state index contributed by atoms with van der Waals surface area (Å²) in [5.74, 6) is 1.000. The Morgan fingerprint density at radius 2 is 1.89 bits per heavy atom. The van der Waals surface area contributed by atoms with Crippen LogP contribution in [0.4, 0.5) is 5.69 Å². The molecule has 0 aliphatic carbocycles. The first-order valence-corrected chi connectivity index (χ1v) is 11.3. The lowest BCUT2D eigenvalue weighted by Gasteiger charge is -2.09. The number of para-hydroxylation sites is 1. The molecule has 2 aromatic heterocycles. The number of amides is 2. The molecule has 4 N–H and O–H groups in total. The van der Waals surface area contributed by atoms with Crippen molar-refractivity contribution in [3.63, 3.8) is 0 Å². The number of nitrogens with zero attached hydrogens (tertiary/aromatic N) is 2. The summed E-state index contributed by atoms with van der Waals surface area (Å²) in [4.78, 5) is 31.7. The Balaban J connectivity index is 1.17. The van der Waals surface area contributed by atoms with Crippen molar-refractivity contribution in [3.05, 3.63) is 72.3 Å². The van der Waals surface area contributed by atoms with Gasteiger partial charge in [0.15, 0.2) is 5.82 Å². The fourth-order valence-electron chi connectivity index (χ4n) is 3.84. The number of aromatic nitrogens is 4. The van der Waals surface area contributed by atoms with E-state index in [1.54, 1.807) is 24.3 Å². The number of fused-ring (bicyclic) bond motifs is 2. The summed E-state index contributed by atoms with van der Waals surface area (Å²) in [6.07, 6.45) is 0.636. The Hall–Kier alpha value is -4.66. The average molecular weight is 469 g/mol. The molecule has 9 nitrogen and oxygen atoms in total. The molecule has 176 valence electrons. The van der Waals surface area contributed by atoms with E-state index in [1.807, 2.05) is 42.5 Å². The highest BCUT2D eigenvalue weighted by Gasteiger charge is 2.14. The van der Waals surface area contributed by atoms with E-state index >= 15 is 0 Å². The van der Waals surface area contributed by atoms with Crippen molar-refractivity contribution in [2.75, 3.05) is 18.5 Å². The van der Waals surface area contributed by atoms with E-state index in [9.17, 15) is 9.59 Å². The van der Waals surface area contributed by atoms with Gasteiger partial charge in [-0.15, -0.1) is 0 Å². The lowest BCUT2D eigenvalue weighted by Crippen LogP contribution is -2.25. The van der Waals surface area contributed by atoms with Gasteiger partial charge in [-0.3, -0.25) is 14.7 Å². The van der Waals surface area contributed by atoms with Crippen LogP contribution in [0.5, 0.6) is 5.75 Å². The van der Waals surface area contributed by atoms with Crippen molar-refractivity contribution in [3.8, 4) is 17.3 Å². The third kappa shape index (κ3) is 4.98. The minimum absolute atomic E-state index is 0.135. The van der Waals surface area contributed by atoms with Gasteiger partial charge in [0.2, 0.25) is 5.91 Å². The van der Waals surface area contributed by atoms with E-state index in [0.717, 1.165) is 22.1 Å². The van der Waals surface area contributed by atoms with Crippen LogP contribution in [0.3, 0.4) is 0 Å². The molecule has 0 unspecified atom stereocenters. The second kappa shape index (κ2) is 9.68. The van der Waals surface area contributed by atoms with Gasteiger partial charge in [-0.05, 0) is 42.8 Å². The zero-order chi connectivity index (χ0) is 24.2. The van der Waals surface area contributed by atoms with Crippen LogP contribution >= 0.6 is 0 Å². The zero-order valence-corrected chi connectivity index (χ0v) is 19.1. The molecule has 0 fully saturated rings. The number of ether oxygens (including phenoxy) is 1. The molecule has 9 heteroatoms. The summed E-state index contributed by atoms with van der Waals surface area (Å²) in [6.45, 7) is 2.36. The second-order valence-electron chi connectivity index (χ2n) is 8.10. The molecule has 0 saturated heterocycles. The lowest BCUT2D eigenvalue weighted by atomic mass is 10.2. The summed E-state index contributed by atoms with van der Waals surface area (Å²) in [6, 6.07) is 20.4. The van der Waals surface area contributed by atoms with Gasteiger partial charge < -0.3 is 20.4 Å². The van der Waals surface area contributed by atoms with Crippen LogP contribution in [-0.2, 0) is 4.79 Å². The normalized spacial score (nSPS) is 11.0. The van der Waals surface area contributed by atoms with E-state index in [0.29, 0.717) is 47.9 Å². The Bertz CT molecular complexity index is 1520. The standard InChI is InChI=1S/C26H24N6O3/c1-16(33)28-18-6-4-7-19(15-18)35-13-5-12-27-26(34)17-10-11-22-23(14-17)30-25(29-22)24-20-8-2-3-9-21(20)31-32-24/h2-4,6-11,14-15H,5,12-13H2,1H3,(H,27,34)(H,28,33)(H,29,30)(H,31,32). The fraction of sp³-hybridized carbons (Fsp3) is 0.154. The summed E-state index contributed by atoms with van der Waals surface area (Å²) in [5, 5.41) is 14.0. The third-order valence-electron chi connectivity index (χ3n) is 5.47. The van der Waals surface area contributed by atoms with Crippen LogP contribution in [0.2, 0.25) is 0 Å². The molecule has 0 saturated carbocycles. The van der Waals surface area contributed by atoms with E-state index in [-0.39, 0.29) is 11.8 Å². The molecule has 0 radical (unpaired) electrons. The fourth-order valence-corrected chi connectivity index (χ4v) is 3.84. The highest BCUT2D eigenvalue weighted by molar-refractivity contribution is 5.98. The van der Waals surface area contributed by atoms with Crippen LogP contribution in [-0.4, -0.2) is 45.1 Å². The Morgan fingerprint density at radius 1 is 1.00 bits per heavy atom. The number of aromatic amines is 2. The highest BCUT2D eigenvalue weighted by Crippen LogP contribution is 2.26. The third-order valence-corrected chi connectivity index (χ3v) is 5.47. The smallest absolute Gasteiger partial charge is 0.251 e. The van der Waals surface area contributed by atoms with E-state index in [1.165, 1.54) is 6.92 Å². The van der Waals surface area contributed by atoms with Gasteiger partial charge in [0.05, 0.1) is 23.2 Å². The minimum atomic E-state index is -0.172. The molecule has 0 aliphatic heterocycles. The monoisotopic (exact) mass is 468 g/mol. The van der Waals surface area contributed by atoms with Crippen LogP contribution in [0, 0.1) is 0 Å². The van der Waals surface area contributed by atoms with E-state index < -0.39 is 0 Å². The van der Waals surface area contributed by atoms with Crippen molar-refractivity contribution in [2.24, 2.45) is 0 Å². The zero-order valence-electron chi connectivity index (χ0n) is 19.1. The van der Waals surface area contributed by atoms with Crippen molar-refractivity contribution < 1.29 is 14.3 Å². The van der Waals surface area contributed by atoms with Gasteiger partial charge in [0.1, 0.15) is 11.4 Å². The number of nitrogens with one attached hydrogen (secondary N) is 4. The number of benzene rings is 3. The topological polar surface area (TPSA) is 125 Å². The highest BCUT2D eigenvalue weighted by atomic mass is 16.5. The number of hydrogen-bond acceptors (Lipinski definition) is 5. The number of carbonyl (C=O) groups is 2. The molecule has 0 aliphatic rings. The van der Waals surface area contributed by atoms with Crippen molar-refractivity contribution in [2.45, 2.75) is 13.3 Å². The van der Waals surface area contributed by atoms with Crippen LogP contribution in [0.1, 0.15) is 23.7 Å². The molecule has 0 bridgehead atoms. The maximum Gasteiger partial charge on any atom is 0.251 e. The molecule has 35 heavy (non-hydrogen) atoms. The van der Waals surface area contributed by atoms with Gasteiger partial charge in [0, 0.05) is 36.2 Å². The summed E-state index contributed by atoms with van der Waals surface area (Å²) in [7, 11) is 0. The Kier molecular flexibility index (Phi) is 6.13. The lowest BCUT2D eigenvalue weighted by molar-refractivity contribution is -0.114. The maximum atomic E-state index is 12.6. The molecule has 0 spiro atoms. The molecule has 5 aromatic rings. The predicted octanol–water partition coefficient (Wildman–Crippen LogP) is 4.26. The number of carbonyl (C=O) groups excluding carboxylic acids is 2. The van der Waals surface area contributed by atoms with Crippen molar-refractivity contribution >= 4 is 39.4 Å². The van der Waals surface area contributed by atoms with Crippen molar-refractivity contribution in [1.29, 1.82) is 0 Å². The van der Waals surface area contributed by atoms with Crippen molar-refractivity contribution in [1.82, 2.24) is 25.5 Å². The van der Waals surface area contributed by atoms with Gasteiger partial charge in [0.25, 0.3) is 5.91 Å². The molecule has 0 atom stereocenters. The largest absolute Gasteiger partial charge is 0.493 e. The number of anilines is 1. The maximum absolute atomic E-state index is 12.6. The molecular weight excluding hydrogens is 444 g/mol. The Morgan fingerprint density at radius 3 is 2.77 bits per heavy atom. The molecule has 5 rings (SSSR count). The van der Waals surface area contributed by atoms with E-state index in [2.05, 4.69) is 30.8 Å². The van der Waals surface area contributed by atoms with Gasteiger partial charge >= 0.3 is 0 Å². The quantitative estimate of drug-likeness (QED) is 0.253. The summed E-state index contributed by atoms with van der Waals surface area (Å²) < 4.78 is 5.72. The average Bonchev–Trinajstić information content (AvgIpc) is 3.47. The Labute approximate surface area is 200 Å². The first kappa shape index (κ1) is 22.1. The first-order valence-electron chi connectivity index (χ1n) is 11.3. The molecule has 3 aromatic carbocycles. The minimum Gasteiger partial charge on any atom is -0.493 e. The number of hydrogen-bond donors (Lipinski definition) is 4. The van der Waals surface area contributed by atoms with Gasteiger partial charge in [-0.1, -0.05) is 24.3 Å². The second-order valence-corrected chi connectivity index (χ2v) is 8.10. The first-order chi connectivity index (χ1) is 17.1. The van der Waals surface area contributed by atoms with Gasteiger partial charge in [-0.25, -0.2) is 4.98 Å². The SMILES string of the molecule is CC(=O)Nc1cccc(OCCCNC(=O)c2ccc3[nH]c(-c4n[nH]c5ccccc45)nc3c2)c1. The van der Waals surface area contributed by atoms with Gasteiger partial charge in [-0.2, -0.15) is 5.10 Å². The number of rotatable bonds is 8. The number of imidazole rings is 1. The van der Waals surface area contributed by atoms with E-state index in [4.69, 9.17) is 4.74 Å². The molecule has 2 heterocycles. The molecular formula is C26H24N6O3. The van der Waals surface area contributed by atoms with Crippen LogP contribution in [0.25, 0.3) is 33.5 Å². The summed E-state index contributed by atoms with van der Waals surface area (Å²) >= 11 is 0. The van der Waals surface area contributed by atoms with Crippen LogP contribution < -0.4 is 15.4 Å².